The van der Waals surface area contributed by atoms with E-state index in [-0.39, 0.29) is 33.2 Å². The summed E-state index contributed by atoms with van der Waals surface area (Å²) in [6.45, 7) is 6.14. The van der Waals surface area contributed by atoms with E-state index in [1.54, 1.807) is 10.6 Å². The highest BCUT2D eigenvalue weighted by molar-refractivity contribution is 7.90. The van der Waals surface area contributed by atoms with Crippen molar-refractivity contribution in [3.63, 3.8) is 0 Å². The molecule has 0 bridgehead atoms. The Morgan fingerprint density at radius 3 is 2.49 bits per heavy atom. The first kappa shape index (κ1) is 25.1. The maximum atomic E-state index is 15.3. The van der Waals surface area contributed by atoms with Gasteiger partial charge in [-0.3, -0.25) is 4.98 Å². The highest BCUT2D eigenvalue weighted by Crippen LogP contribution is 2.38. The van der Waals surface area contributed by atoms with Gasteiger partial charge in [0.15, 0.2) is 0 Å². The fourth-order valence-electron chi connectivity index (χ4n) is 4.05. The van der Waals surface area contributed by atoms with E-state index in [4.69, 9.17) is 0 Å². The van der Waals surface area contributed by atoms with E-state index in [1.165, 1.54) is 12.3 Å². The highest BCUT2D eigenvalue weighted by Gasteiger charge is 2.40. The molecular weight excluding hydrogens is 484 g/mol. The third kappa shape index (κ3) is 5.18. The number of alkyl halides is 2. The zero-order valence-corrected chi connectivity index (χ0v) is 20.1. The summed E-state index contributed by atoms with van der Waals surface area (Å²) >= 11 is 0. The van der Waals surface area contributed by atoms with Crippen molar-refractivity contribution in [2.45, 2.75) is 57.9 Å². The van der Waals surface area contributed by atoms with Gasteiger partial charge in [-0.05, 0) is 36.5 Å². The van der Waals surface area contributed by atoms with Crippen LogP contribution in [0, 0.1) is 28.4 Å². The van der Waals surface area contributed by atoms with Crippen LogP contribution in [-0.2, 0) is 16.6 Å². The third-order valence-corrected chi connectivity index (χ3v) is 7.65. The van der Waals surface area contributed by atoms with Crippen molar-refractivity contribution in [2.24, 2.45) is 5.41 Å². The predicted octanol–water partition coefficient (Wildman–Crippen LogP) is 5.29. The molecule has 1 aliphatic rings. The van der Waals surface area contributed by atoms with Gasteiger partial charge in [-0.2, -0.15) is 5.26 Å². The van der Waals surface area contributed by atoms with Crippen molar-refractivity contribution in [3.8, 4) is 17.3 Å². The highest BCUT2D eigenvalue weighted by atomic mass is 32.2. The first-order chi connectivity index (χ1) is 16.3. The van der Waals surface area contributed by atoms with E-state index in [9.17, 15) is 26.9 Å². The average Bonchev–Trinajstić information content (AvgIpc) is 3.56. The Hall–Kier alpha value is -2.97. The van der Waals surface area contributed by atoms with Gasteiger partial charge >= 0.3 is 0 Å². The Labute approximate surface area is 200 Å². The summed E-state index contributed by atoms with van der Waals surface area (Å²) < 4.78 is 85.9. The maximum Gasteiger partial charge on any atom is 0.258 e. The van der Waals surface area contributed by atoms with Gasteiger partial charge in [0, 0.05) is 34.8 Å². The van der Waals surface area contributed by atoms with Crippen LogP contribution < -0.4 is 4.72 Å². The maximum absolute atomic E-state index is 15.3. The standard InChI is InChI=1S/C24H24F4N4O2S/c1-24(2,3)12-32-11-18(22(23(27)28)31-35(33,34)15-4-5-15)16-7-19(26)17(8-20(16)32)21-13(9-29)6-14(25)10-30-21/h6-8,10-11,15,22-23,31H,4-5,12H2,1-3H3. The summed E-state index contributed by atoms with van der Waals surface area (Å²) in [5, 5.41) is 8.79. The summed E-state index contributed by atoms with van der Waals surface area (Å²) in [5.74, 6) is -1.62. The van der Waals surface area contributed by atoms with Crippen molar-refractivity contribution in [1.29, 1.82) is 5.26 Å². The predicted molar refractivity (Wildman–Crippen MR) is 123 cm³/mol. The molecule has 1 saturated carbocycles. The van der Waals surface area contributed by atoms with Gasteiger partial charge in [-0.25, -0.2) is 30.7 Å². The summed E-state index contributed by atoms with van der Waals surface area (Å²) in [7, 11) is -3.96. The molecule has 0 radical (unpaired) electrons. The molecule has 2 aromatic heterocycles. The molecule has 0 saturated heterocycles. The molecule has 4 rings (SSSR count). The second kappa shape index (κ2) is 8.91. The molecule has 35 heavy (non-hydrogen) atoms. The van der Waals surface area contributed by atoms with Crippen molar-refractivity contribution in [2.75, 3.05) is 0 Å². The molecule has 1 N–H and O–H groups in total. The summed E-state index contributed by atoms with van der Waals surface area (Å²) in [6.07, 6.45) is -0.000826. The van der Waals surface area contributed by atoms with Crippen molar-refractivity contribution in [3.05, 3.63) is 53.4 Å². The Balaban J connectivity index is 1.93. The number of hydrogen-bond acceptors (Lipinski definition) is 4. The SMILES string of the molecule is CC(C)(C)Cn1cc(C(NS(=O)(=O)C2CC2)C(F)F)c2cc(F)c(-c3ncc(F)cc3C#N)cc21. The van der Waals surface area contributed by atoms with E-state index in [0.717, 1.165) is 18.3 Å². The second-order valence-corrected chi connectivity index (χ2v) is 12.0. The molecule has 3 aromatic rings. The minimum Gasteiger partial charge on any atom is -0.347 e. The van der Waals surface area contributed by atoms with Gasteiger partial charge in [-0.15, -0.1) is 0 Å². The average molecular weight is 509 g/mol. The Kier molecular flexibility index (Phi) is 6.40. The zero-order valence-electron chi connectivity index (χ0n) is 19.3. The number of nitriles is 1. The van der Waals surface area contributed by atoms with Crippen LogP contribution >= 0.6 is 0 Å². The van der Waals surface area contributed by atoms with Gasteiger partial charge < -0.3 is 4.57 Å². The van der Waals surface area contributed by atoms with Crippen LogP contribution in [0.5, 0.6) is 0 Å². The van der Waals surface area contributed by atoms with Crippen LogP contribution in [0.3, 0.4) is 0 Å². The molecule has 1 aromatic carbocycles. The number of nitrogens with one attached hydrogen (secondary N) is 1. The minimum atomic E-state index is -3.96. The molecule has 1 aliphatic carbocycles. The molecule has 1 atom stereocenters. The molecule has 0 spiro atoms. The molecule has 1 unspecified atom stereocenters. The van der Waals surface area contributed by atoms with Gasteiger partial charge in [0.2, 0.25) is 10.0 Å². The lowest BCUT2D eigenvalue weighted by Crippen LogP contribution is -2.35. The van der Waals surface area contributed by atoms with Crippen molar-refractivity contribution in [1.82, 2.24) is 14.3 Å². The number of rotatable bonds is 7. The first-order valence-electron chi connectivity index (χ1n) is 11.0. The molecule has 0 amide bonds. The molecular formula is C24H24F4N4O2S. The van der Waals surface area contributed by atoms with Crippen LogP contribution in [0.4, 0.5) is 17.6 Å². The van der Waals surface area contributed by atoms with E-state index < -0.39 is 39.4 Å². The molecule has 11 heteroatoms. The number of benzene rings is 1. The fraction of sp³-hybridized carbons (Fsp3) is 0.417. The lowest BCUT2D eigenvalue weighted by atomic mass is 9.96. The third-order valence-electron chi connectivity index (χ3n) is 5.72. The quantitative estimate of drug-likeness (QED) is 0.440. The lowest BCUT2D eigenvalue weighted by molar-refractivity contribution is 0.109. The van der Waals surface area contributed by atoms with E-state index in [0.29, 0.717) is 24.9 Å². The monoisotopic (exact) mass is 508 g/mol. The van der Waals surface area contributed by atoms with Gasteiger partial charge in [0.1, 0.15) is 23.7 Å². The van der Waals surface area contributed by atoms with Crippen molar-refractivity contribution < 1.29 is 26.0 Å². The zero-order chi connectivity index (χ0) is 25.7. The number of pyridine rings is 1. The van der Waals surface area contributed by atoms with Crippen LogP contribution in [0.1, 0.15) is 50.8 Å². The number of hydrogen-bond donors (Lipinski definition) is 1. The van der Waals surface area contributed by atoms with Crippen LogP contribution in [-0.4, -0.2) is 29.6 Å². The summed E-state index contributed by atoms with van der Waals surface area (Å²) in [4.78, 5) is 3.88. The topological polar surface area (TPSA) is 87.8 Å². The van der Waals surface area contributed by atoms with Crippen LogP contribution in [0.2, 0.25) is 0 Å². The Bertz CT molecular complexity index is 1430. The molecule has 186 valence electrons. The number of fused-ring (bicyclic) bond motifs is 1. The van der Waals surface area contributed by atoms with E-state index >= 15 is 4.39 Å². The van der Waals surface area contributed by atoms with Gasteiger partial charge in [0.25, 0.3) is 6.43 Å². The molecule has 0 aliphatic heterocycles. The molecule has 6 nitrogen and oxygen atoms in total. The Morgan fingerprint density at radius 2 is 1.91 bits per heavy atom. The Morgan fingerprint density at radius 1 is 1.23 bits per heavy atom. The minimum absolute atomic E-state index is 0.0542. The van der Waals surface area contributed by atoms with Gasteiger partial charge in [0.05, 0.1) is 22.7 Å². The van der Waals surface area contributed by atoms with Crippen molar-refractivity contribution >= 4 is 20.9 Å². The van der Waals surface area contributed by atoms with Gasteiger partial charge in [-0.1, -0.05) is 20.8 Å². The number of nitrogens with zero attached hydrogens (tertiary/aromatic N) is 3. The fourth-order valence-corrected chi connectivity index (χ4v) is 5.58. The van der Waals surface area contributed by atoms with Crippen LogP contribution in [0.25, 0.3) is 22.2 Å². The molecule has 2 heterocycles. The van der Waals surface area contributed by atoms with E-state index in [1.807, 2.05) is 20.8 Å². The smallest absolute Gasteiger partial charge is 0.258 e. The largest absolute Gasteiger partial charge is 0.347 e. The van der Waals surface area contributed by atoms with Crippen LogP contribution in [0.15, 0.2) is 30.6 Å². The molecule has 1 fully saturated rings. The summed E-state index contributed by atoms with van der Waals surface area (Å²) in [5.41, 5.74) is -0.365. The number of sulfonamides is 1. The normalized spacial score (nSPS) is 15.5. The number of aromatic nitrogens is 2. The lowest BCUT2D eigenvalue weighted by Gasteiger charge is -2.20. The van der Waals surface area contributed by atoms with E-state index in [2.05, 4.69) is 9.71 Å². The number of halogens is 4. The first-order valence-corrected chi connectivity index (χ1v) is 12.5. The summed E-state index contributed by atoms with van der Waals surface area (Å²) in [6, 6.07) is 3.27. The second-order valence-electron chi connectivity index (χ2n) is 9.96.